The van der Waals surface area contributed by atoms with E-state index in [1.807, 2.05) is 12.1 Å². The summed E-state index contributed by atoms with van der Waals surface area (Å²) in [4.78, 5) is 0. The van der Waals surface area contributed by atoms with E-state index in [1.54, 1.807) is 32.2 Å². The number of aromatic amines is 1. The molecule has 0 bridgehead atoms. The van der Waals surface area contributed by atoms with Gasteiger partial charge in [-0.3, -0.25) is 5.10 Å². The molecule has 1 aliphatic carbocycles. The maximum Gasteiger partial charge on any atom is 0.216 e. The molecule has 152 valence electrons. The van der Waals surface area contributed by atoms with Crippen molar-refractivity contribution in [3.05, 3.63) is 28.3 Å². The van der Waals surface area contributed by atoms with E-state index in [2.05, 4.69) is 15.3 Å². The number of methoxy groups -OCH3 is 3. The molecule has 1 aromatic heterocycles. The quantitative estimate of drug-likeness (QED) is 0.523. The summed E-state index contributed by atoms with van der Waals surface area (Å²) in [5, 5.41) is 11.8. The standard InChI is InChI=1S/C20H28N4O3S/c1-25-16-11-10-15(18(26-2)19(16)27-3)13-21-24-17(22-23-20(24)28)12-9-14-7-5-4-6-8-14/h10-11,13-14H,4-9,12H2,1-3H3,(H,23,28)/b21-13-. The zero-order chi connectivity index (χ0) is 19.9. The fourth-order valence-corrected chi connectivity index (χ4v) is 3.96. The second kappa shape index (κ2) is 9.73. The van der Waals surface area contributed by atoms with Crippen LogP contribution in [0, 0.1) is 10.7 Å². The molecule has 3 rings (SSSR count). The molecule has 1 N–H and O–H groups in total. The van der Waals surface area contributed by atoms with E-state index in [4.69, 9.17) is 26.4 Å². The highest BCUT2D eigenvalue weighted by Gasteiger charge is 2.16. The highest BCUT2D eigenvalue weighted by atomic mass is 32.1. The Bertz CT molecular complexity index is 869. The van der Waals surface area contributed by atoms with Gasteiger partial charge in [0.25, 0.3) is 0 Å². The number of nitrogens with one attached hydrogen (secondary N) is 1. The number of hydrogen-bond acceptors (Lipinski definition) is 6. The third-order valence-corrected chi connectivity index (χ3v) is 5.53. The molecule has 0 amide bonds. The van der Waals surface area contributed by atoms with Crippen molar-refractivity contribution < 1.29 is 14.2 Å². The van der Waals surface area contributed by atoms with Crippen LogP contribution in [-0.2, 0) is 6.42 Å². The third kappa shape index (κ3) is 4.55. The normalized spacial score (nSPS) is 15.1. The second-order valence-corrected chi connectivity index (χ2v) is 7.35. The van der Waals surface area contributed by atoms with Crippen LogP contribution in [0.1, 0.15) is 49.9 Å². The SMILES string of the molecule is COc1ccc(/C=N\n2c(CCC3CCCCC3)n[nH]c2=S)c(OC)c1OC. The molecule has 0 unspecified atom stereocenters. The molecule has 0 spiro atoms. The Morgan fingerprint density at radius 1 is 1.14 bits per heavy atom. The molecule has 0 saturated heterocycles. The van der Waals surface area contributed by atoms with Gasteiger partial charge in [-0.15, -0.1) is 0 Å². The number of hydrogen-bond donors (Lipinski definition) is 1. The van der Waals surface area contributed by atoms with Crippen LogP contribution >= 0.6 is 12.2 Å². The van der Waals surface area contributed by atoms with Gasteiger partial charge in [-0.2, -0.15) is 14.9 Å². The first-order valence-corrected chi connectivity index (χ1v) is 10.1. The number of benzene rings is 1. The van der Waals surface area contributed by atoms with Gasteiger partial charge in [0.1, 0.15) is 0 Å². The Morgan fingerprint density at radius 2 is 1.89 bits per heavy atom. The first-order chi connectivity index (χ1) is 13.7. The second-order valence-electron chi connectivity index (χ2n) is 6.97. The summed E-state index contributed by atoms with van der Waals surface area (Å²) < 4.78 is 18.4. The average Bonchev–Trinajstić information content (AvgIpc) is 3.09. The van der Waals surface area contributed by atoms with Crippen LogP contribution in [0.15, 0.2) is 17.2 Å². The number of H-pyrrole nitrogens is 1. The fourth-order valence-electron chi connectivity index (χ4n) is 3.76. The van der Waals surface area contributed by atoms with E-state index < -0.39 is 0 Å². The van der Waals surface area contributed by atoms with Gasteiger partial charge in [0, 0.05) is 12.0 Å². The van der Waals surface area contributed by atoms with Crippen LogP contribution in [-0.4, -0.2) is 42.4 Å². The highest BCUT2D eigenvalue weighted by Crippen LogP contribution is 2.39. The topological polar surface area (TPSA) is 73.7 Å². The van der Waals surface area contributed by atoms with Crippen molar-refractivity contribution in [1.29, 1.82) is 0 Å². The van der Waals surface area contributed by atoms with Gasteiger partial charge in [0.05, 0.1) is 27.5 Å². The van der Waals surface area contributed by atoms with Gasteiger partial charge < -0.3 is 14.2 Å². The molecule has 8 heteroatoms. The maximum absolute atomic E-state index is 5.51. The van der Waals surface area contributed by atoms with Crippen LogP contribution in [0.25, 0.3) is 0 Å². The largest absolute Gasteiger partial charge is 0.493 e. The maximum atomic E-state index is 5.51. The van der Waals surface area contributed by atoms with E-state index in [1.165, 1.54) is 32.1 Å². The minimum absolute atomic E-state index is 0.481. The number of aromatic nitrogens is 3. The van der Waals surface area contributed by atoms with Gasteiger partial charge in [0.15, 0.2) is 17.3 Å². The predicted molar refractivity (Wildman–Crippen MR) is 111 cm³/mol. The van der Waals surface area contributed by atoms with E-state index in [9.17, 15) is 0 Å². The van der Waals surface area contributed by atoms with Gasteiger partial charge in [-0.05, 0) is 36.7 Å². The Hall–Kier alpha value is -2.35. The fraction of sp³-hybridized carbons (Fsp3) is 0.550. The zero-order valence-electron chi connectivity index (χ0n) is 16.7. The first kappa shape index (κ1) is 20.4. The molecule has 0 radical (unpaired) electrons. The predicted octanol–water partition coefficient (Wildman–Crippen LogP) is 4.36. The highest BCUT2D eigenvalue weighted by molar-refractivity contribution is 7.71. The van der Waals surface area contributed by atoms with Gasteiger partial charge in [-0.1, -0.05) is 32.1 Å². The van der Waals surface area contributed by atoms with E-state index in [0.29, 0.717) is 22.0 Å². The van der Waals surface area contributed by atoms with Crippen LogP contribution < -0.4 is 14.2 Å². The van der Waals surface area contributed by atoms with Crippen LogP contribution in [0.3, 0.4) is 0 Å². The molecule has 7 nitrogen and oxygen atoms in total. The van der Waals surface area contributed by atoms with Crippen molar-refractivity contribution in [2.24, 2.45) is 11.0 Å². The summed E-state index contributed by atoms with van der Waals surface area (Å²) in [5.74, 6) is 3.32. The molecule has 2 aromatic rings. The summed E-state index contributed by atoms with van der Waals surface area (Å²) in [7, 11) is 4.76. The zero-order valence-corrected chi connectivity index (χ0v) is 17.6. The first-order valence-electron chi connectivity index (χ1n) is 9.67. The summed E-state index contributed by atoms with van der Waals surface area (Å²) in [6.45, 7) is 0. The van der Waals surface area contributed by atoms with E-state index in [0.717, 1.165) is 30.1 Å². The molecular weight excluding hydrogens is 376 g/mol. The number of nitrogens with zero attached hydrogens (tertiary/aromatic N) is 3. The summed E-state index contributed by atoms with van der Waals surface area (Å²) >= 11 is 5.36. The smallest absolute Gasteiger partial charge is 0.216 e. The van der Waals surface area contributed by atoms with Crippen molar-refractivity contribution in [2.45, 2.75) is 44.9 Å². The Kier molecular flexibility index (Phi) is 7.08. The number of aryl methyl sites for hydroxylation is 1. The lowest BCUT2D eigenvalue weighted by Crippen LogP contribution is -2.09. The average molecular weight is 405 g/mol. The molecule has 1 saturated carbocycles. The Labute approximate surface area is 170 Å². The number of rotatable bonds is 8. The molecule has 0 atom stereocenters. The minimum Gasteiger partial charge on any atom is -0.493 e. The molecule has 0 aliphatic heterocycles. The minimum atomic E-state index is 0.481. The number of ether oxygens (including phenoxy) is 3. The Balaban J connectivity index is 1.81. The van der Waals surface area contributed by atoms with Gasteiger partial charge in [-0.25, -0.2) is 0 Å². The molecule has 1 fully saturated rings. The monoisotopic (exact) mass is 404 g/mol. The molecule has 1 heterocycles. The molecule has 1 aromatic carbocycles. The summed E-state index contributed by atoms with van der Waals surface area (Å²) in [6.07, 6.45) is 10.4. The van der Waals surface area contributed by atoms with Crippen molar-refractivity contribution in [2.75, 3.05) is 21.3 Å². The van der Waals surface area contributed by atoms with Crippen LogP contribution in [0.2, 0.25) is 0 Å². The van der Waals surface area contributed by atoms with E-state index >= 15 is 0 Å². The van der Waals surface area contributed by atoms with Crippen molar-refractivity contribution in [3.63, 3.8) is 0 Å². The summed E-state index contributed by atoms with van der Waals surface area (Å²) in [5.41, 5.74) is 0.765. The van der Waals surface area contributed by atoms with Gasteiger partial charge in [0.2, 0.25) is 10.5 Å². The van der Waals surface area contributed by atoms with Crippen LogP contribution in [0.5, 0.6) is 17.2 Å². The van der Waals surface area contributed by atoms with Crippen molar-refractivity contribution >= 4 is 18.4 Å². The molecule has 1 aliphatic rings. The van der Waals surface area contributed by atoms with Crippen LogP contribution in [0.4, 0.5) is 0 Å². The lowest BCUT2D eigenvalue weighted by atomic mass is 9.86. The lowest BCUT2D eigenvalue weighted by molar-refractivity contribution is 0.324. The summed E-state index contributed by atoms with van der Waals surface area (Å²) in [6, 6.07) is 3.69. The van der Waals surface area contributed by atoms with Crippen molar-refractivity contribution in [1.82, 2.24) is 14.9 Å². The van der Waals surface area contributed by atoms with E-state index in [-0.39, 0.29) is 0 Å². The molecule has 28 heavy (non-hydrogen) atoms. The Morgan fingerprint density at radius 3 is 2.57 bits per heavy atom. The van der Waals surface area contributed by atoms with Crippen molar-refractivity contribution in [3.8, 4) is 17.2 Å². The van der Waals surface area contributed by atoms with Gasteiger partial charge >= 0.3 is 0 Å². The lowest BCUT2D eigenvalue weighted by Gasteiger charge is -2.20. The molecular formula is C20H28N4O3S. The third-order valence-electron chi connectivity index (χ3n) is 5.27.